The van der Waals surface area contributed by atoms with Crippen LogP contribution in [-0.4, -0.2) is 11.7 Å². The molecule has 0 spiro atoms. The van der Waals surface area contributed by atoms with Gasteiger partial charge in [0.2, 0.25) is 0 Å². The molecule has 1 aromatic heterocycles. The molecule has 102 valence electrons. The number of nitrogens with one attached hydrogen (secondary N) is 1. The summed E-state index contributed by atoms with van der Waals surface area (Å²) in [7, 11) is 3.80. The van der Waals surface area contributed by atoms with E-state index in [0.29, 0.717) is 0 Å². The van der Waals surface area contributed by atoms with Gasteiger partial charge in [-0.05, 0) is 56.2 Å². The minimum Gasteiger partial charge on any atom is -0.496 e. The summed E-state index contributed by atoms with van der Waals surface area (Å²) in [5.41, 5.74) is 6.22. The SMILES string of the molecule is COc1ccc(NCc2cc(C)n(C)c2C)cc1C. The number of rotatable bonds is 4. The first-order chi connectivity index (χ1) is 9.02. The van der Waals surface area contributed by atoms with E-state index in [1.54, 1.807) is 7.11 Å². The average molecular weight is 258 g/mol. The molecule has 0 amide bonds. The normalized spacial score (nSPS) is 10.6. The molecule has 0 atom stereocenters. The molecule has 2 rings (SSSR count). The van der Waals surface area contributed by atoms with Crippen molar-refractivity contribution >= 4 is 5.69 Å². The Bertz CT molecular complexity index is 585. The van der Waals surface area contributed by atoms with Crippen LogP contribution in [0.3, 0.4) is 0 Å². The van der Waals surface area contributed by atoms with Gasteiger partial charge in [-0.1, -0.05) is 0 Å². The van der Waals surface area contributed by atoms with Gasteiger partial charge in [0.25, 0.3) is 0 Å². The maximum absolute atomic E-state index is 5.27. The molecule has 0 fully saturated rings. The zero-order chi connectivity index (χ0) is 14.0. The summed E-state index contributed by atoms with van der Waals surface area (Å²) in [4.78, 5) is 0. The Hall–Kier alpha value is -1.90. The molecule has 0 aliphatic heterocycles. The highest BCUT2D eigenvalue weighted by Gasteiger charge is 2.06. The molecule has 1 heterocycles. The van der Waals surface area contributed by atoms with E-state index in [4.69, 9.17) is 4.74 Å². The van der Waals surface area contributed by atoms with Crippen LogP contribution in [0, 0.1) is 20.8 Å². The van der Waals surface area contributed by atoms with E-state index in [1.807, 2.05) is 6.07 Å². The standard InChI is InChI=1S/C16H22N2O/c1-11-8-15(6-7-16(11)19-5)17-10-14-9-12(2)18(4)13(14)3/h6-9,17H,10H2,1-5H3. The molecule has 0 bridgehead atoms. The fourth-order valence-corrected chi connectivity index (χ4v) is 2.30. The Balaban J connectivity index is 2.10. The van der Waals surface area contributed by atoms with Crippen LogP contribution >= 0.6 is 0 Å². The molecule has 0 saturated carbocycles. The predicted octanol–water partition coefficient (Wildman–Crippen LogP) is 3.57. The van der Waals surface area contributed by atoms with Gasteiger partial charge in [-0.3, -0.25) is 0 Å². The molecule has 0 unspecified atom stereocenters. The van der Waals surface area contributed by atoms with Gasteiger partial charge in [0.1, 0.15) is 5.75 Å². The van der Waals surface area contributed by atoms with Gasteiger partial charge in [0.15, 0.2) is 0 Å². The third-order valence-corrected chi connectivity index (χ3v) is 3.76. The van der Waals surface area contributed by atoms with Crippen LogP contribution in [0.1, 0.15) is 22.5 Å². The summed E-state index contributed by atoms with van der Waals surface area (Å²) in [6.07, 6.45) is 0. The average Bonchev–Trinajstić information content (AvgIpc) is 2.64. The Kier molecular flexibility index (Phi) is 3.84. The number of nitrogens with zero attached hydrogens (tertiary/aromatic N) is 1. The molecular weight excluding hydrogens is 236 g/mol. The lowest BCUT2D eigenvalue weighted by molar-refractivity contribution is 0.412. The van der Waals surface area contributed by atoms with Gasteiger partial charge < -0.3 is 14.6 Å². The lowest BCUT2D eigenvalue weighted by atomic mass is 10.2. The molecule has 0 radical (unpaired) electrons. The number of hydrogen-bond acceptors (Lipinski definition) is 2. The van der Waals surface area contributed by atoms with Gasteiger partial charge in [0, 0.05) is 30.7 Å². The fraction of sp³-hybridized carbons (Fsp3) is 0.375. The summed E-state index contributed by atoms with van der Waals surface area (Å²) in [6.45, 7) is 7.19. The monoisotopic (exact) mass is 258 g/mol. The van der Waals surface area contributed by atoms with Crippen LogP contribution in [0.15, 0.2) is 24.3 Å². The van der Waals surface area contributed by atoms with Crippen molar-refractivity contribution in [1.82, 2.24) is 4.57 Å². The van der Waals surface area contributed by atoms with Crippen molar-refractivity contribution in [3.05, 3.63) is 46.8 Å². The van der Waals surface area contributed by atoms with Crippen LogP contribution in [0.25, 0.3) is 0 Å². The number of methoxy groups -OCH3 is 1. The van der Waals surface area contributed by atoms with Crippen molar-refractivity contribution in [2.45, 2.75) is 27.3 Å². The molecule has 0 saturated heterocycles. The third kappa shape index (κ3) is 2.75. The quantitative estimate of drug-likeness (QED) is 0.907. The highest BCUT2D eigenvalue weighted by atomic mass is 16.5. The smallest absolute Gasteiger partial charge is 0.121 e. The minimum absolute atomic E-state index is 0.847. The van der Waals surface area contributed by atoms with Gasteiger partial charge in [-0.25, -0.2) is 0 Å². The van der Waals surface area contributed by atoms with Crippen LogP contribution < -0.4 is 10.1 Å². The van der Waals surface area contributed by atoms with Crippen LogP contribution in [0.2, 0.25) is 0 Å². The van der Waals surface area contributed by atoms with Crippen molar-refractivity contribution in [3.8, 4) is 5.75 Å². The van der Waals surface area contributed by atoms with E-state index < -0.39 is 0 Å². The predicted molar refractivity (Wildman–Crippen MR) is 79.9 cm³/mol. The lowest BCUT2D eigenvalue weighted by Crippen LogP contribution is -2.02. The molecule has 2 aromatic rings. The van der Waals surface area contributed by atoms with Gasteiger partial charge in [-0.2, -0.15) is 0 Å². The van der Waals surface area contributed by atoms with E-state index in [1.165, 1.54) is 17.0 Å². The van der Waals surface area contributed by atoms with E-state index in [-0.39, 0.29) is 0 Å². The molecule has 0 aliphatic rings. The summed E-state index contributed by atoms with van der Waals surface area (Å²) < 4.78 is 7.49. The van der Waals surface area contributed by atoms with Crippen molar-refractivity contribution in [2.75, 3.05) is 12.4 Å². The molecule has 3 nitrogen and oxygen atoms in total. The zero-order valence-electron chi connectivity index (χ0n) is 12.4. The molecule has 0 aliphatic carbocycles. The highest BCUT2D eigenvalue weighted by Crippen LogP contribution is 2.22. The summed E-state index contributed by atoms with van der Waals surface area (Å²) >= 11 is 0. The van der Waals surface area contributed by atoms with Crippen LogP contribution in [0.5, 0.6) is 5.75 Å². The summed E-state index contributed by atoms with van der Waals surface area (Å²) in [5, 5.41) is 3.47. The Morgan fingerprint density at radius 1 is 1.16 bits per heavy atom. The van der Waals surface area contributed by atoms with Gasteiger partial charge in [0.05, 0.1) is 7.11 Å². The van der Waals surface area contributed by atoms with Crippen molar-refractivity contribution in [3.63, 3.8) is 0 Å². The largest absolute Gasteiger partial charge is 0.496 e. The Morgan fingerprint density at radius 2 is 1.89 bits per heavy atom. The molecule has 3 heteroatoms. The van der Waals surface area contributed by atoms with Gasteiger partial charge in [-0.15, -0.1) is 0 Å². The zero-order valence-corrected chi connectivity index (χ0v) is 12.4. The number of anilines is 1. The lowest BCUT2D eigenvalue weighted by Gasteiger charge is -2.10. The number of aryl methyl sites for hydroxylation is 2. The number of hydrogen-bond donors (Lipinski definition) is 1. The van der Waals surface area contributed by atoms with Gasteiger partial charge >= 0.3 is 0 Å². The first-order valence-electron chi connectivity index (χ1n) is 6.53. The van der Waals surface area contributed by atoms with Crippen molar-refractivity contribution < 1.29 is 4.74 Å². The Morgan fingerprint density at radius 3 is 2.42 bits per heavy atom. The van der Waals surface area contributed by atoms with Crippen molar-refractivity contribution in [1.29, 1.82) is 0 Å². The second-order valence-electron chi connectivity index (χ2n) is 4.99. The molecule has 19 heavy (non-hydrogen) atoms. The summed E-state index contributed by atoms with van der Waals surface area (Å²) in [6, 6.07) is 8.40. The third-order valence-electron chi connectivity index (χ3n) is 3.76. The topological polar surface area (TPSA) is 26.2 Å². The van der Waals surface area contributed by atoms with E-state index in [9.17, 15) is 0 Å². The maximum Gasteiger partial charge on any atom is 0.121 e. The van der Waals surface area contributed by atoms with Crippen molar-refractivity contribution in [2.24, 2.45) is 7.05 Å². The van der Waals surface area contributed by atoms with Crippen LogP contribution in [-0.2, 0) is 13.6 Å². The number of benzene rings is 1. The van der Waals surface area contributed by atoms with E-state index >= 15 is 0 Å². The molecule has 1 N–H and O–H groups in total. The summed E-state index contributed by atoms with van der Waals surface area (Å²) in [5.74, 6) is 0.928. The number of ether oxygens (including phenoxy) is 1. The fourth-order valence-electron chi connectivity index (χ4n) is 2.30. The van der Waals surface area contributed by atoms with E-state index in [2.05, 4.69) is 55.9 Å². The first kappa shape index (κ1) is 13.5. The Labute approximate surface area is 115 Å². The highest BCUT2D eigenvalue weighted by molar-refractivity contribution is 5.51. The molecule has 1 aromatic carbocycles. The number of aromatic nitrogens is 1. The maximum atomic E-state index is 5.27. The van der Waals surface area contributed by atoms with E-state index in [0.717, 1.165) is 23.5 Å². The first-order valence-corrected chi connectivity index (χ1v) is 6.53. The second kappa shape index (κ2) is 5.39. The second-order valence-corrected chi connectivity index (χ2v) is 4.99. The molecular formula is C16H22N2O. The van der Waals surface area contributed by atoms with Crippen LogP contribution in [0.4, 0.5) is 5.69 Å². The minimum atomic E-state index is 0.847.